The lowest BCUT2D eigenvalue weighted by Gasteiger charge is -2.34. The molecule has 1 aliphatic rings. The highest BCUT2D eigenvalue weighted by atomic mass is 32.2. The smallest absolute Gasteiger partial charge is 0.232 e. The van der Waals surface area contributed by atoms with E-state index in [2.05, 4.69) is 11.9 Å². The van der Waals surface area contributed by atoms with E-state index < -0.39 is 6.10 Å². The third-order valence-corrected chi connectivity index (χ3v) is 5.18. The van der Waals surface area contributed by atoms with Gasteiger partial charge in [-0.1, -0.05) is 6.92 Å². The molecule has 0 unspecified atom stereocenters. The second kappa shape index (κ2) is 7.84. The summed E-state index contributed by atoms with van der Waals surface area (Å²) in [6.07, 6.45) is 5.83. The molecular formula is C15H25N3O2S. The fourth-order valence-corrected chi connectivity index (χ4v) is 3.52. The van der Waals surface area contributed by atoms with E-state index in [0.717, 1.165) is 43.9 Å². The second-order valence-electron chi connectivity index (χ2n) is 5.61. The quantitative estimate of drug-likeness (QED) is 0.814. The summed E-state index contributed by atoms with van der Waals surface area (Å²) in [7, 11) is 1.90. The first kappa shape index (κ1) is 16.4. The summed E-state index contributed by atoms with van der Waals surface area (Å²) < 4.78 is 1.86. The van der Waals surface area contributed by atoms with Gasteiger partial charge in [-0.15, -0.1) is 0 Å². The summed E-state index contributed by atoms with van der Waals surface area (Å²) in [5.41, 5.74) is 0. The predicted molar refractivity (Wildman–Crippen MR) is 85.1 cm³/mol. The molecule has 2 rings (SSSR count). The van der Waals surface area contributed by atoms with Crippen LogP contribution in [-0.2, 0) is 11.8 Å². The normalized spacial score (nSPS) is 18.0. The standard InChI is InChI=1S/C15H25N3O2S/c1-3-10-21-11-13(19)18-7-4-12(5-8-18)14(20)15-16-6-9-17(15)2/h6,9,12,14,20H,3-5,7-8,10-11H2,1-2H3/t14-/m1/s1. The monoisotopic (exact) mass is 311 g/mol. The molecule has 0 aliphatic carbocycles. The average Bonchev–Trinajstić information content (AvgIpc) is 2.93. The van der Waals surface area contributed by atoms with Gasteiger partial charge in [0.1, 0.15) is 11.9 Å². The van der Waals surface area contributed by atoms with Gasteiger partial charge < -0.3 is 14.6 Å². The maximum atomic E-state index is 12.1. The molecule has 21 heavy (non-hydrogen) atoms. The summed E-state index contributed by atoms with van der Waals surface area (Å²) in [5, 5.41) is 10.4. The first-order valence-corrected chi connectivity index (χ1v) is 8.79. The van der Waals surface area contributed by atoms with Gasteiger partial charge >= 0.3 is 0 Å². The van der Waals surface area contributed by atoms with Gasteiger partial charge in [-0.25, -0.2) is 4.98 Å². The van der Waals surface area contributed by atoms with Crippen molar-refractivity contribution in [3.63, 3.8) is 0 Å². The lowest BCUT2D eigenvalue weighted by atomic mass is 9.90. The number of likely N-dealkylation sites (tertiary alicyclic amines) is 1. The van der Waals surface area contributed by atoms with Crippen LogP contribution < -0.4 is 0 Å². The molecule has 118 valence electrons. The SMILES string of the molecule is CCCSCC(=O)N1CCC([C@@H](O)c2nccn2C)CC1. The number of thioether (sulfide) groups is 1. The van der Waals surface area contributed by atoms with Crippen LogP contribution >= 0.6 is 11.8 Å². The van der Waals surface area contributed by atoms with Crippen molar-refractivity contribution in [3.8, 4) is 0 Å². The number of aryl methyl sites for hydroxylation is 1. The number of amides is 1. The highest BCUT2D eigenvalue weighted by Gasteiger charge is 2.29. The second-order valence-corrected chi connectivity index (χ2v) is 6.72. The molecule has 6 heteroatoms. The van der Waals surface area contributed by atoms with Crippen LogP contribution in [0, 0.1) is 5.92 Å². The maximum absolute atomic E-state index is 12.1. The molecule has 1 amide bonds. The minimum absolute atomic E-state index is 0.193. The van der Waals surface area contributed by atoms with Crippen LogP contribution in [0.2, 0.25) is 0 Å². The zero-order valence-electron chi connectivity index (χ0n) is 12.9. The zero-order chi connectivity index (χ0) is 15.2. The third-order valence-electron chi connectivity index (χ3n) is 4.04. The first-order chi connectivity index (χ1) is 10.1. The number of hydrogen-bond acceptors (Lipinski definition) is 4. The van der Waals surface area contributed by atoms with Gasteiger partial charge in [0.2, 0.25) is 5.91 Å². The van der Waals surface area contributed by atoms with E-state index in [1.807, 2.05) is 22.7 Å². The van der Waals surface area contributed by atoms with E-state index in [4.69, 9.17) is 0 Å². The Hall–Kier alpha value is -1.01. The van der Waals surface area contributed by atoms with Crippen LogP contribution in [0.4, 0.5) is 0 Å². The molecule has 1 atom stereocenters. The molecule has 1 aromatic rings. The van der Waals surface area contributed by atoms with Gasteiger partial charge in [0.25, 0.3) is 0 Å². The van der Waals surface area contributed by atoms with Gasteiger partial charge in [0, 0.05) is 32.5 Å². The molecule has 2 heterocycles. The molecule has 1 fully saturated rings. The predicted octanol–water partition coefficient (Wildman–Crippen LogP) is 1.84. The van der Waals surface area contributed by atoms with E-state index in [1.54, 1.807) is 18.0 Å². The van der Waals surface area contributed by atoms with E-state index in [9.17, 15) is 9.90 Å². The zero-order valence-corrected chi connectivity index (χ0v) is 13.7. The minimum Gasteiger partial charge on any atom is -0.385 e. The van der Waals surface area contributed by atoms with E-state index in [1.165, 1.54) is 0 Å². The fourth-order valence-electron chi connectivity index (χ4n) is 2.73. The van der Waals surface area contributed by atoms with Crippen LogP contribution in [0.1, 0.15) is 38.1 Å². The molecule has 1 saturated heterocycles. The Morgan fingerprint density at radius 2 is 2.24 bits per heavy atom. The molecule has 1 aromatic heterocycles. The van der Waals surface area contributed by atoms with Gasteiger partial charge in [-0.05, 0) is 30.9 Å². The third kappa shape index (κ3) is 4.23. The number of piperidine rings is 1. The van der Waals surface area contributed by atoms with Crippen LogP contribution in [0.25, 0.3) is 0 Å². The van der Waals surface area contributed by atoms with E-state index in [0.29, 0.717) is 5.75 Å². The number of aliphatic hydroxyl groups is 1. The van der Waals surface area contributed by atoms with Crippen molar-refractivity contribution in [1.82, 2.24) is 14.5 Å². The Morgan fingerprint density at radius 3 is 2.81 bits per heavy atom. The number of imidazole rings is 1. The summed E-state index contributed by atoms with van der Waals surface area (Å²) in [6.45, 7) is 3.62. The van der Waals surface area contributed by atoms with Gasteiger partial charge in [0.15, 0.2) is 0 Å². The summed E-state index contributed by atoms with van der Waals surface area (Å²) in [5.74, 6) is 2.77. The first-order valence-electron chi connectivity index (χ1n) is 7.64. The van der Waals surface area contributed by atoms with Crippen LogP contribution in [0.5, 0.6) is 0 Å². The van der Waals surface area contributed by atoms with Gasteiger partial charge in [0.05, 0.1) is 5.75 Å². The highest BCUT2D eigenvalue weighted by molar-refractivity contribution is 7.99. The van der Waals surface area contributed by atoms with E-state index in [-0.39, 0.29) is 11.8 Å². The number of nitrogens with zero attached hydrogens (tertiary/aromatic N) is 3. The average molecular weight is 311 g/mol. The maximum Gasteiger partial charge on any atom is 0.232 e. The lowest BCUT2D eigenvalue weighted by molar-refractivity contribution is -0.130. The van der Waals surface area contributed by atoms with Crippen molar-refractivity contribution in [2.24, 2.45) is 13.0 Å². The molecule has 0 bridgehead atoms. The van der Waals surface area contributed by atoms with Crippen LogP contribution in [-0.4, -0.2) is 50.1 Å². The Morgan fingerprint density at radius 1 is 1.52 bits per heavy atom. The highest BCUT2D eigenvalue weighted by Crippen LogP contribution is 2.29. The van der Waals surface area contributed by atoms with Crippen molar-refractivity contribution >= 4 is 17.7 Å². The number of rotatable bonds is 6. The summed E-state index contributed by atoms with van der Waals surface area (Å²) in [6, 6.07) is 0. The summed E-state index contributed by atoms with van der Waals surface area (Å²) in [4.78, 5) is 18.2. The van der Waals surface area contributed by atoms with Gasteiger partial charge in [-0.3, -0.25) is 4.79 Å². The number of carbonyl (C=O) groups excluding carboxylic acids is 1. The van der Waals surface area contributed by atoms with Crippen molar-refractivity contribution in [3.05, 3.63) is 18.2 Å². The van der Waals surface area contributed by atoms with Gasteiger partial charge in [-0.2, -0.15) is 11.8 Å². The molecule has 1 N–H and O–H groups in total. The Bertz CT molecular complexity index is 456. The molecule has 0 spiro atoms. The van der Waals surface area contributed by atoms with Crippen molar-refractivity contribution in [2.75, 3.05) is 24.6 Å². The van der Waals surface area contributed by atoms with Crippen LogP contribution in [0.3, 0.4) is 0 Å². The van der Waals surface area contributed by atoms with Crippen molar-refractivity contribution in [2.45, 2.75) is 32.3 Å². The van der Waals surface area contributed by atoms with E-state index >= 15 is 0 Å². The molecule has 0 radical (unpaired) electrons. The number of carbonyl (C=O) groups is 1. The molecular weight excluding hydrogens is 286 g/mol. The molecule has 1 aliphatic heterocycles. The molecule has 0 aromatic carbocycles. The molecule has 0 saturated carbocycles. The Balaban J connectivity index is 1.80. The Kier molecular flexibility index (Phi) is 6.11. The Labute approximate surface area is 130 Å². The number of hydrogen-bond donors (Lipinski definition) is 1. The van der Waals surface area contributed by atoms with Crippen molar-refractivity contribution in [1.29, 1.82) is 0 Å². The fraction of sp³-hybridized carbons (Fsp3) is 0.733. The van der Waals surface area contributed by atoms with Crippen LogP contribution in [0.15, 0.2) is 12.4 Å². The van der Waals surface area contributed by atoms with Crippen molar-refractivity contribution < 1.29 is 9.90 Å². The number of aromatic nitrogens is 2. The lowest BCUT2D eigenvalue weighted by Crippen LogP contribution is -2.40. The largest absolute Gasteiger partial charge is 0.385 e. The number of aliphatic hydroxyl groups excluding tert-OH is 1. The molecule has 5 nitrogen and oxygen atoms in total. The minimum atomic E-state index is -0.531. The topological polar surface area (TPSA) is 58.4 Å². The summed E-state index contributed by atoms with van der Waals surface area (Å²) >= 11 is 1.71.